The summed E-state index contributed by atoms with van der Waals surface area (Å²) in [6, 6.07) is 4.14. The van der Waals surface area contributed by atoms with Gasteiger partial charge in [0.1, 0.15) is 5.82 Å². The van der Waals surface area contributed by atoms with Gasteiger partial charge in [0.15, 0.2) is 0 Å². The van der Waals surface area contributed by atoms with Crippen molar-refractivity contribution in [2.24, 2.45) is 0 Å². The second-order valence-electron chi connectivity index (χ2n) is 5.03. The van der Waals surface area contributed by atoms with Crippen molar-refractivity contribution in [2.45, 2.75) is 38.5 Å². The zero-order valence-corrected chi connectivity index (χ0v) is 11.5. The first-order valence-electron chi connectivity index (χ1n) is 6.99. The number of benzene rings is 1. The first-order chi connectivity index (χ1) is 9.61. The molecular formula is C15H19FN2O2. The van der Waals surface area contributed by atoms with E-state index < -0.39 is 11.7 Å². The quantitative estimate of drug-likeness (QED) is 0.813. The van der Waals surface area contributed by atoms with Gasteiger partial charge in [-0.05, 0) is 24.1 Å². The molecule has 1 atom stereocenters. The van der Waals surface area contributed by atoms with Crippen LogP contribution in [0.4, 0.5) is 10.1 Å². The summed E-state index contributed by atoms with van der Waals surface area (Å²) in [5, 5.41) is 5.45. The molecular weight excluding hydrogens is 259 g/mol. The van der Waals surface area contributed by atoms with E-state index in [1.54, 1.807) is 6.07 Å². The van der Waals surface area contributed by atoms with Crippen LogP contribution < -0.4 is 10.6 Å². The number of carbonyl (C=O) groups excluding carboxylic acids is 2. The lowest BCUT2D eigenvalue weighted by Crippen LogP contribution is -2.35. The van der Waals surface area contributed by atoms with Crippen molar-refractivity contribution in [3.63, 3.8) is 0 Å². The minimum Gasteiger partial charge on any atom is -0.356 e. The van der Waals surface area contributed by atoms with E-state index in [9.17, 15) is 14.0 Å². The topological polar surface area (TPSA) is 58.2 Å². The molecule has 0 spiro atoms. The number of hydrogen-bond acceptors (Lipinski definition) is 2. The molecule has 2 amide bonds. The van der Waals surface area contributed by atoms with E-state index in [4.69, 9.17) is 0 Å². The molecule has 1 unspecified atom stereocenters. The maximum Gasteiger partial charge on any atom is 0.228 e. The van der Waals surface area contributed by atoms with E-state index in [0.717, 1.165) is 19.3 Å². The summed E-state index contributed by atoms with van der Waals surface area (Å²) < 4.78 is 13.2. The monoisotopic (exact) mass is 278 g/mol. The third-order valence-electron chi connectivity index (χ3n) is 3.45. The highest BCUT2D eigenvalue weighted by Gasteiger charge is 2.30. The molecule has 2 N–H and O–H groups in total. The Kier molecular flexibility index (Phi) is 4.71. The van der Waals surface area contributed by atoms with Gasteiger partial charge in [0, 0.05) is 18.7 Å². The molecule has 2 rings (SSSR count). The molecule has 1 aromatic rings. The fourth-order valence-corrected chi connectivity index (χ4v) is 2.38. The normalized spacial score (nSPS) is 17.3. The first-order valence-corrected chi connectivity index (χ1v) is 6.99. The molecule has 1 aliphatic heterocycles. The van der Waals surface area contributed by atoms with Crippen molar-refractivity contribution in [3.05, 3.63) is 29.6 Å². The smallest absolute Gasteiger partial charge is 0.228 e. The van der Waals surface area contributed by atoms with Gasteiger partial charge in [-0.3, -0.25) is 9.59 Å². The lowest BCUT2D eigenvalue weighted by Gasteiger charge is -2.24. The van der Waals surface area contributed by atoms with Crippen molar-refractivity contribution in [1.82, 2.24) is 5.32 Å². The average Bonchev–Trinajstić information content (AvgIpc) is 2.42. The third kappa shape index (κ3) is 3.35. The Balaban J connectivity index is 2.08. The SMILES string of the molecule is CCCCCNC(=O)C1CC(=O)Nc2cc(F)ccc21. The predicted molar refractivity (Wildman–Crippen MR) is 74.9 cm³/mol. The lowest BCUT2D eigenvalue weighted by molar-refractivity contribution is -0.126. The van der Waals surface area contributed by atoms with Crippen molar-refractivity contribution in [3.8, 4) is 0 Å². The van der Waals surface area contributed by atoms with Gasteiger partial charge in [-0.15, -0.1) is 0 Å². The number of halogens is 1. The molecule has 108 valence electrons. The van der Waals surface area contributed by atoms with Gasteiger partial charge in [-0.1, -0.05) is 25.8 Å². The minimum absolute atomic E-state index is 0.109. The van der Waals surface area contributed by atoms with Crippen LogP contribution in [0.2, 0.25) is 0 Å². The molecule has 1 heterocycles. The zero-order valence-electron chi connectivity index (χ0n) is 11.5. The summed E-state index contributed by atoms with van der Waals surface area (Å²) in [5.74, 6) is -1.37. The Morgan fingerprint density at radius 3 is 3.00 bits per heavy atom. The molecule has 0 saturated heterocycles. The fourth-order valence-electron chi connectivity index (χ4n) is 2.38. The van der Waals surface area contributed by atoms with Crippen molar-refractivity contribution in [2.75, 3.05) is 11.9 Å². The van der Waals surface area contributed by atoms with Gasteiger partial charge < -0.3 is 10.6 Å². The summed E-state index contributed by atoms with van der Waals surface area (Å²) in [7, 11) is 0. The van der Waals surface area contributed by atoms with Crippen LogP contribution in [0.25, 0.3) is 0 Å². The van der Waals surface area contributed by atoms with Crippen LogP contribution in [0.15, 0.2) is 18.2 Å². The molecule has 1 aliphatic rings. The van der Waals surface area contributed by atoms with E-state index in [1.807, 2.05) is 0 Å². The fraction of sp³-hybridized carbons (Fsp3) is 0.467. The molecule has 0 radical (unpaired) electrons. The first kappa shape index (κ1) is 14.5. The number of amides is 2. The Labute approximate surface area is 117 Å². The predicted octanol–water partition coefficient (Wildman–Crippen LogP) is 2.56. The second kappa shape index (κ2) is 6.50. The summed E-state index contributed by atoms with van der Waals surface area (Å²) >= 11 is 0. The molecule has 0 fully saturated rings. The Morgan fingerprint density at radius 2 is 2.25 bits per heavy atom. The number of nitrogens with one attached hydrogen (secondary N) is 2. The molecule has 0 aliphatic carbocycles. The molecule has 0 bridgehead atoms. The number of carbonyl (C=O) groups is 2. The van der Waals surface area contributed by atoms with E-state index in [0.29, 0.717) is 17.8 Å². The molecule has 20 heavy (non-hydrogen) atoms. The van der Waals surface area contributed by atoms with Gasteiger partial charge in [0.05, 0.1) is 5.92 Å². The Hall–Kier alpha value is -1.91. The van der Waals surface area contributed by atoms with Gasteiger partial charge in [0.2, 0.25) is 11.8 Å². The van der Waals surface area contributed by atoms with Gasteiger partial charge in [-0.25, -0.2) is 4.39 Å². The van der Waals surface area contributed by atoms with Crippen LogP contribution in [0.3, 0.4) is 0 Å². The maximum atomic E-state index is 13.2. The summed E-state index contributed by atoms with van der Waals surface area (Å²) in [6.45, 7) is 2.71. The summed E-state index contributed by atoms with van der Waals surface area (Å²) in [6.07, 6.45) is 3.19. The number of hydrogen-bond donors (Lipinski definition) is 2. The van der Waals surface area contributed by atoms with E-state index in [1.165, 1.54) is 12.1 Å². The molecule has 4 nitrogen and oxygen atoms in total. The van der Waals surface area contributed by atoms with Crippen LogP contribution in [0.5, 0.6) is 0 Å². The number of anilines is 1. The number of unbranched alkanes of at least 4 members (excludes halogenated alkanes) is 2. The zero-order chi connectivity index (χ0) is 14.5. The van der Waals surface area contributed by atoms with Gasteiger partial charge in [-0.2, -0.15) is 0 Å². The molecule has 0 aromatic heterocycles. The molecule has 1 aromatic carbocycles. The summed E-state index contributed by atoms with van der Waals surface area (Å²) in [5.41, 5.74) is 1.08. The Morgan fingerprint density at radius 1 is 1.45 bits per heavy atom. The minimum atomic E-state index is -0.527. The van der Waals surface area contributed by atoms with Crippen LogP contribution in [-0.4, -0.2) is 18.4 Å². The lowest BCUT2D eigenvalue weighted by atomic mass is 9.89. The van der Waals surface area contributed by atoms with E-state index >= 15 is 0 Å². The number of fused-ring (bicyclic) bond motifs is 1. The second-order valence-corrected chi connectivity index (χ2v) is 5.03. The van der Waals surface area contributed by atoms with Crippen LogP contribution in [0.1, 0.15) is 44.1 Å². The third-order valence-corrected chi connectivity index (χ3v) is 3.45. The van der Waals surface area contributed by atoms with Gasteiger partial charge in [0.25, 0.3) is 0 Å². The van der Waals surface area contributed by atoms with Crippen LogP contribution in [0, 0.1) is 5.82 Å². The molecule has 0 saturated carbocycles. The van der Waals surface area contributed by atoms with E-state index in [2.05, 4.69) is 17.6 Å². The maximum absolute atomic E-state index is 13.2. The van der Waals surface area contributed by atoms with Gasteiger partial charge >= 0.3 is 0 Å². The largest absolute Gasteiger partial charge is 0.356 e. The summed E-state index contributed by atoms with van der Waals surface area (Å²) in [4.78, 5) is 23.8. The molecule has 5 heteroatoms. The average molecular weight is 278 g/mol. The number of rotatable bonds is 5. The highest BCUT2D eigenvalue weighted by Crippen LogP contribution is 2.32. The highest BCUT2D eigenvalue weighted by molar-refractivity contribution is 6.01. The standard InChI is InChI=1S/C15H19FN2O2/c1-2-3-4-7-17-15(20)12-9-14(19)18-13-8-10(16)5-6-11(12)13/h5-6,8,12H,2-4,7,9H2,1H3,(H,17,20)(H,18,19). The Bertz CT molecular complexity index is 517. The van der Waals surface area contributed by atoms with Crippen molar-refractivity contribution >= 4 is 17.5 Å². The van der Waals surface area contributed by atoms with Crippen LogP contribution in [-0.2, 0) is 9.59 Å². The van der Waals surface area contributed by atoms with Crippen molar-refractivity contribution in [1.29, 1.82) is 0 Å². The van der Waals surface area contributed by atoms with Crippen LogP contribution >= 0.6 is 0 Å². The highest BCUT2D eigenvalue weighted by atomic mass is 19.1. The van der Waals surface area contributed by atoms with Crippen molar-refractivity contribution < 1.29 is 14.0 Å². The van der Waals surface area contributed by atoms with E-state index in [-0.39, 0.29) is 18.2 Å².